The standard InChI is InChI=1S/C21H23F3N4O3/c1-3-5-9-25-18(29)13-28-19-17(27(4-2)20(28)30)11-15(12-26-19)14-7-6-8-16(10-14)31-21(22,23)24/h6-8,10-12H,3-5,9,13H2,1-2H3,(H,25,29). The minimum atomic E-state index is -4.79. The van der Waals surface area contributed by atoms with E-state index in [1.165, 1.54) is 33.5 Å². The van der Waals surface area contributed by atoms with Crippen LogP contribution >= 0.6 is 0 Å². The number of carbonyl (C=O) groups excluding carboxylic acids is 1. The molecule has 1 amide bonds. The summed E-state index contributed by atoms with van der Waals surface area (Å²) in [5.74, 6) is -0.632. The van der Waals surface area contributed by atoms with Crippen molar-refractivity contribution in [1.82, 2.24) is 19.4 Å². The molecule has 0 aliphatic carbocycles. The summed E-state index contributed by atoms with van der Waals surface area (Å²) in [7, 11) is 0. The smallest absolute Gasteiger partial charge is 0.406 e. The average molecular weight is 436 g/mol. The summed E-state index contributed by atoms with van der Waals surface area (Å²) in [6.07, 6.45) is -1.55. The molecule has 0 bridgehead atoms. The van der Waals surface area contributed by atoms with E-state index in [2.05, 4.69) is 15.0 Å². The second kappa shape index (κ2) is 9.23. The molecule has 0 radical (unpaired) electrons. The Morgan fingerprint density at radius 1 is 1.16 bits per heavy atom. The molecule has 0 fully saturated rings. The number of benzene rings is 1. The SMILES string of the molecule is CCCCNC(=O)Cn1c(=O)n(CC)c2cc(-c3cccc(OC(F)(F)F)c3)cnc21. The van der Waals surface area contributed by atoms with E-state index in [0.717, 1.165) is 12.8 Å². The molecule has 0 aliphatic rings. The van der Waals surface area contributed by atoms with Crippen LogP contribution in [0.2, 0.25) is 0 Å². The molecule has 31 heavy (non-hydrogen) atoms. The van der Waals surface area contributed by atoms with Crippen molar-refractivity contribution in [2.45, 2.75) is 46.1 Å². The van der Waals surface area contributed by atoms with Crippen molar-refractivity contribution in [2.24, 2.45) is 0 Å². The maximum Gasteiger partial charge on any atom is 0.573 e. The highest BCUT2D eigenvalue weighted by Gasteiger charge is 2.31. The third-order valence-corrected chi connectivity index (χ3v) is 4.73. The molecule has 3 rings (SSSR count). The quantitative estimate of drug-likeness (QED) is 0.547. The van der Waals surface area contributed by atoms with Crippen molar-refractivity contribution in [2.75, 3.05) is 6.54 Å². The fourth-order valence-corrected chi connectivity index (χ4v) is 3.27. The summed E-state index contributed by atoms with van der Waals surface area (Å²) in [4.78, 5) is 29.4. The van der Waals surface area contributed by atoms with E-state index in [1.54, 1.807) is 19.1 Å². The zero-order valence-corrected chi connectivity index (χ0v) is 17.2. The zero-order valence-electron chi connectivity index (χ0n) is 17.2. The molecule has 7 nitrogen and oxygen atoms in total. The largest absolute Gasteiger partial charge is 0.573 e. The van der Waals surface area contributed by atoms with Crippen molar-refractivity contribution in [3.05, 3.63) is 47.0 Å². The molecule has 0 aliphatic heterocycles. The molecule has 10 heteroatoms. The highest BCUT2D eigenvalue weighted by molar-refractivity contribution is 5.82. The lowest BCUT2D eigenvalue weighted by Crippen LogP contribution is -2.33. The molecule has 0 atom stereocenters. The molecule has 1 aromatic carbocycles. The number of rotatable bonds is 8. The van der Waals surface area contributed by atoms with Crippen LogP contribution in [0.3, 0.4) is 0 Å². The molecule has 0 unspecified atom stereocenters. The molecule has 2 heterocycles. The lowest BCUT2D eigenvalue weighted by Gasteiger charge is -2.10. The number of carbonyl (C=O) groups is 1. The van der Waals surface area contributed by atoms with Gasteiger partial charge in [0.2, 0.25) is 5.91 Å². The summed E-state index contributed by atoms with van der Waals surface area (Å²) in [5.41, 5.74) is 1.43. The number of hydrogen-bond donors (Lipinski definition) is 1. The first-order chi connectivity index (χ1) is 14.7. The van der Waals surface area contributed by atoms with Gasteiger partial charge in [-0.15, -0.1) is 13.2 Å². The Morgan fingerprint density at radius 3 is 2.61 bits per heavy atom. The van der Waals surface area contributed by atoms with Crippen molar-refractivity contribution in [3.63, 3.8) is 0 Å². The van der Waals surface area contributed by atoms with Gasteiger partial charge in [-0.05, 0) is 37.1 Å². The first-order valence-corrected chi connectivity index (χ1v) is 9.95. The van der Waals surface area contributed by atoms with Crippen molar-refractivity contribution < 1.29 is 22.7 Å². The van der Waals surface area contributed by atoms with Crippen LogP contribution in [-0.2, 0) is 17.9 Å². The molecule has 0 saturated carbocycles. The van der Waals surface area contributed by atoms with E-state index in [0.29, 0.717) is 35.4 Å². The van der Waals surface area contributed by atoms with Crippen LogP contribution in [0.15, 0.2) is 41.3 Å². The second-order valence-corrected chi connectivity index (χ2v) is 6.96. The number of fused-ring (bicyclic) bond motifs is 1. The summed E-state index contributed by atoms with van der Waals surface area (Å²) in [6, 6.07) is 7.20. The molecule has 0 saturated heterocycles. The molecule has 3 aromatic rings. The monoisotopic (exact) mass is 436 g/mol. The fourth-order valence-electron chi connectivity index (χ4n) is 3.27. The number of amides is 1. The zero-order chi connectivity index (χ0) is 22.6. The second-order valence-electron chi connectivity index (χ2n) is 6.96. The van der Waals surface area contributed by atoms with Gasteiger partial charge in [0.15, 0.2) is 5.65 Å². The van der Waals surface area contributed by atoms with E-state index < -0.39 is 6.36 Å². The lowest BCUT2D eigenvalue weighted by molar-refractivity contribution is -0.274. The normalized spacial score (nSPS) is 11.6. The van der Waals surface area contributed by atoms with Crippen LogP contribution in [0, 0.1) is 0 Å². The Bertz CT molecular complexity index is 1140. The number of pyridine rings is 1. The van der Waals surface area contributed by atoms with Crippen LogP contribution in [0.5, 0.6) is 5.75 Å². The number of aromatic nitrogens is 3. The van der Waals surface area contributed by atoms with Gasteiger partial charge < -0.3 is 10.1 Å². The highest BCUT2D eigenvalue weighted by Crippen LogP contribution is 2.29. The Balaban J connectivity index is 1.97. The Hall–Kier alpha value is -3.30. The van der Waals surface area contributed by atoms with Crippen LogP contribution in [0.4, 0.5) is 13.2 Å². The van der Waals surface area contributed by atoms with Gasteiger partial charge in [-0.1, -0.05) is 25.5 Å². The van der Waals surface area contributed by atoms with E-state index >= 15 is 0 Å². The summed E-state index contributed by atoms with van der Waals surface area (Å²) >= 11 is 0. The third-order valence-electron chi connectivity index (χ3n) is 4.73. The predicted octanol–water partition coefficient (Wildman–Crippen LogP) is 3.70. The topological polar surface area (TPSA) is 78.2 Å². The maximum absolute atomic E-state index is 12.8. The van der Waals surface area contributed by atoms with Crippen molar-refractivity contribution in [3.8, 4) is 16.9 Å². The van der Waals surface area contributed by atoms with Gasteiger partial charge in [-0.3, -0.25) is 13.9 Å². The summed E-state index contributed by atoms with van der Waals surface area (Å²) in [5, 5.41) is 2.77. The number of hydrogen-bond acceptors (Lipinski definition) is 4. The molecule has 0 spiro atoms. The van der Waals surface area contributed by atoms with Crippen LogP contribution in [0.25, 0.3) is 22.3 Å². The van der Waals surface area contributed by atoms with E-state index in [4.69, 9.17) is 0 Å². The molecule has 166 valence electrons. The fraction of sp³-hybridized carbons (Fsp3) is 0.381. The van der Waals surface area contributed by atoms with Gasteiger partial charge in [0.25, 0.3) is 0 Å². The molecule has 2 aromatic heterocycles. The minimum absolute atomic E-state index is 0.159. The number of aryl methyl sites for hydroxylation is 1. The number of halogens is 3. The van der Waals surface area contributed by atoms with E-state index in [9.17, 15) is 22.8 Å². The Morgan fingerprint density at radius 2 is 1.94 bits per heavy atom. The van der Waals surface area contributed by atoms with E-state index in [1.807, 2.05) is 6.92 Å². The Labute approximate surface area is 176 Å². The third kappa shape index (κ3) is 5.25. The maximum atomic E-state index is 12.8. The molecular formula is C21H23F3N4O3. The number of alkyl halides is 3. The van der Waals surface area contributed by atoms with Crippen LogP contribution in [0.1, 0.15) is 26.7 Å². The summed E-state index contributed by atoms with van der Waals surface area (Å²) < 4.78 is 44.3. The molecular weight excluding hydrogens is 413 g/mol. The predicted molar refractivity (Wildman–Crippen MR) is 110 cm³/mol. The van der Waals surface area contributed by atoms with Gasteiger partial charge in [-0.25, -0.2) is 9.78 Å². The van der Waals surface area contributed by atoms with E-state index in [-0.39, 0.29) is 23.9 Å². The number of unbranched alkanes of at least 4 members (excludes halogenated alkanes) is 1. The average Bonchev–Trinajstić information content (AvgIpc) is 2.97. The lowest BCUT2D eigenvalue weighted by atomic mass is 10.1. The van der Waals surface area contributed by atoms with Gasteiger partial charge in [0, 0.05) is 24.8 Å². The minimum Gasteiger partial charge on any atom is -0.406 e. The van der Waals surface area contributed by atoms with Gasteiger partial charge in [0.05, 0.1) is 5.52 Å². The number of ether oxygens (including phenoxy) is 1. The van der Waals surface area contributed by atoms with Crippen molar-refractivity contribution >= 4 is 17.1 Å². The molecule has 1 N–H and O–H groups in total. The van der Waals surface area contributed by atoms with Gasteiger partial charge in [-0.2, -0.15) is 0 Å². The number of nitrogens with one attached hydrogen (secondary N) is 1. The van der Waals surface area contributed by atoms with Crippen LogP contribution in [-0.4, -0.2) is 32.9 Å². The first kappa shape index (κ1) is 22.4. The number of imidazole rings is 1. The first-order valence-electron chi connectivity index (χ1n) is 9.95. The van der Waals surface area contributed by atoms with Gasteiger partial charge in [0.1, 0.15) is 12.3 Å². The van der Waals surface area contributed by atoms with Crippen LogP contribution < -0.4 is 15.7 Å². The van der Waals surface area contributed by atoms with Crippen molar-refractivity contribution in [1.29, 1.82) is 0 Å². The summed E-state index contributed by atoms with van der Waals surface area (Å²) in [6.45, 7) is 4.52. The number of nitrogens with zero attached hydrogens (tertiary/aromatic N) is 3. The van der Waals surface area contributed by atoms with Gasteiger partial charge >= 0.3 is 12.1 Å². The Kier molecular flexibility index (Phi) is 6.67. The highest BCUT2D eigenvalue weighted by atomic mass is 19.4.